The lowest BCUT2D eigenvalue weighted by Gasteiger charge is -2.69. The Kier molecular flexibility index (Phi) is 2.86. The summed E-state index contributed by atoms with van der Waals surface area (Å²) in [7, 11) is 0. The molecule has 0 unspecified atom stereocenters. The highest BCUT2D eigenvalue weighted by molar-refractivity contribution is 5.86. The van der Waals surface area contributed by atoms with Gasteiger partial charge in [-0.05, 0) is 32.3 Å². The molecular formula is C17H18F3NO2. The van der Waals surface area contributed by atoms with Gasteiger partial charge in [-0.25, -0.2) is 0 Å². The molecule has 2 bridgehead atoms. The van der Waals surface area contributed by atoms with Crippen LogP contribution in [0.15, 0.2) is 24.3 Å². The smallest absolute Gasteiger partial charge is 0.394 e. The van der Waals surface area contributed by atoms with Crippen molar-refractivity contribution in [2.24, 2.45) is 10.8 Å². The lowest BCUT2D eigenvalue weighted by atomic mass is 9.34. The Balaban J connectivity index is 1.53. The molecule has 1 heterocycles. The normalized spacial score (nSPS) is 35.3. The monoisotopic (exact) mass is 325 g/mol. The van der Waals surface area contributed by atoms with Crippen LogP contribution in [-0.4, -0.2) is 29.6 Å². The molecule has 3 saturated carbocycles. The summed E-state index contributed by atoms with van der Waals surface area (Å²) < 4.78 is 44.7. The van der Waals surface area contributed by atoms with Crippen LogP contribution in [0.3, 0.4) is 0 Å². The molecule has 0 N–H and O–H groups in total. The first-order valence-electron chi connectivity index (χ1n) is 7.85. The molecule has 3 nitrogen and oxygen atoms in total. The summed E-state index contributed by atoms with van der Waals surface area (Å²) in [6.45, 7) is 2.69. The SMILES string of the molecule is C[C@H]1CN(C(=O)C23CC(C(F)(F)F)(C2)C3)Cc2ccccc2O1. The number of benzene rings is 1. The second kappa shape index (κ2) is 4.42. The van der Waals surface area contributed by atoms with Crippen LogP contribution in [-0.2, 0) is 11.3 Å². The van der Waals surface area contributed by atoms with Gasteiger partial charge in [0.2, 0.25) is 5.91 Å². The molecule has 0 spiro atoms. The minimum atomic E-state index is -4.18. The number of hydrogen-bond donors (Lipinski definition) is 0. The molecule has 0 radical (unpaired) electrons. The lowest BCUT2D eigenvalue weighted by Crippen LogP contribution is -2.73. The zero-order chi connectivity index (χ0) is 16.5. The predicted molar refractivity (Wildman–Crippen MR) is 76.7 cm³/mol. The number of alkyl halides is 3. The fourth-order valence-electron chi connectivity index (χ4n) is 4.39. The van der Waals surface area contributed by atoms with Crippen molar-refractivity contribution in [3.63, 3.8) is 0 Å². The molecule has 1 aliphatic heterocycles. The minimum absolute atomic E-state index is 0.0459. The fraction of sp³-hybridized carbons (Fsp3) is 0.588. The van der Waals surface area contributed by atoms with E-state index in [2.05, 4.69) is 0 Å². The summed E-state index contributed by atoms with van der Waals surface area (Å²) in [6, 6.07) is 7.50. The Labute approximate surface area is 132 Å². The third-order valence-corrected chi connectivity index (χ3v) is 5.51. The summed E-state index contributed by atoms with van der Waals surface area (Å²) in [4.78, 5) is 14.5. The number of carbonyl (C=O) groups is 1. The number of halogens is 3. The van der Waals surface area contributed by atoms with E-state index >= 15 is 0 Å². The summed E-state index contributed by atoms with van der Waals surface area (Å²) >= 11 is 0. The van der Waals surface area contributed by atoms with Crippen molar-refractivity contribution in [1.29, 1.82) is 0 Å². The van der Waals surface area contributed by atoms with E-state index in [-0.39, 0.29) is 31.3 Å². The van der Waals surface area contributed by atoms with E-state index in [1.807, 2.05) is 31.2 Å². The number of amides is 1. The standard InChI is InChI=1S/C17H18F3NO2/c1-11-6-21(7-12-4-2-3-5-13(12)23-11)14(22)15-8-16(9-15,10-15)17(18,19)20/h2-5,11H,6-10H2,1H3/t11-,15?,16?/m0/s1. The van der Waals surface area contributed by atoms with Crippen molar-refractivity contribution in [3.05, 3.63) is 29.8 Å². The second-order valence-electron chi connectivity index (χ2n) is 7.31. The maximum Gasteiger partial charge on any atom is 0.394 e. The number of hydrogen-bond acceptors (Lipinski definition) is 2. The van der Waals surface area contributed by atoms with Gasteiger partial charge in [-0.15, -0.1) is 0 Å². The topological polar surface area (TPSA) is 29.5 Å². The Hall–Kier alpha value is -1.72. The minimum Gasteiger partial charge on any atom is -0.489 e. The first-order valence-corrected chi connectivity index (χ1v) is 7.85. The predicted octanol–water partition coefficient (Wildman–Crippen LogP) is 3.53. The molecule has 4 aliphatic rings. The van der Waals surface area contributed by atoms with E-state index in [4.69, 9.17) is 4.74 Å². The van der Waals surface area contributed by atoms with Crippen LogP contribution in [0, 0.1) is 10.8 Å². The van der Waals surface area contributed by atoms with Gasteiger partial charge in [0.25, 0.3) is 0 Å². The zero-order valence-corrected chi connectivity index (χ0v) is 12.8. The largest absolute Gasteiger partial charge is 0.489 e. The highest BCUT2D eigenvalue weighted by Gasteiger charge is 2.81. The third-order valence-electron chi connectivity index (χ3n) is 5.51. The summed E-state index contributed by atoms with van der Waals surface area (Å²) in [6.07, 6.45) is -4.50. The van der Waals surface area contributed by atoms with Gasteiger partial charge in [0, 0.05) is 12.1 Å². The van der Waals surface area contributed by atoms with Crippen molar-refractivity contribution >= 4 is 5.91 Å². The van der Waals surface area contributed by atoms with Gasteiger partial charge in [-0.3, -0.25) is 4.79 Å². The highest BCUT2D eigenvalue weighted by atomic mass is 19.4. The van der Waals surface area contributed by atoms with Crippen LogP contribution < -0.4 is 4.74 Å². The molecule has 3 fully saturated rings. The Bertz CT molecular complexity index is 650. The molecule has 1 amide bonds. The van der Waals surface area contributed by atoms with Crippen LogP contribution in [0.25, 0.3) is 0 Å². The van der Waals surface area contributed by atoms with E-state index in [1.54, 1.807) is 4.90 Å². The molecular weight excluding hydrogens is 307 g/mol. The third kappa shape index (κ3) is 2.00. The summed E-state index contributed by atoms with van der Waals surface area (Å²) in [5.74, 6) is 0.607. The van der Waals surface area contributed by atoms with Crippen LogP contribution in [0.4, 0.5) is 13.2 Å². The molecule has 23 heavy (non-hydrogen) atoms. The molecule has 0 saturated heterocycles. The van der Waals surface area contributed by atoms with Crippen molar-refractivity contribution in [1.82, 2.24) is 4.90 Å². The molecule has 1 aromatic carbocycles. The van der Waals surface area contributed by atoms with E-state index in [0.29, 0.717) is 13.1 Å². The van der Waals surface area contributed by atoms with Crippen molar-refractivity contribution in [2.45, 2.75) is 45.0 Å². The van der Waals surface area contributed by atoms with Gasteiger partial charge in [0.15, 0.2) is 0 Å². The average Bonchev–Trinajstić information content (AvgIpc) is 2.51. The number of carbonyl (C=O) groups excluding carboxylic acids is 1. The summed E-state index contributed by atoms with van der Waals surface area (Å²) in [5, 5.41) is 0. The zero-order valence-electron chi connectivity index (χ0n) is 12.8. The van der Waals surface area contributed by atoms with E-state index in [9.17, 15) is 18.0 Å². The van der Waals surface area contributed by atoms with E-state index < -0.39 is 17.0 Å². The summed E-state index contributed by atoms with van der Waals surface area (Å²) in [5.41, 5.74) is -1.47. The van der Waals surface area contributed by atoms with Gasteiger partial charge >= 0.3 is 6.18 Å². The Morgan fingerprint density at radius 3 is 2.57 bits per heavy atom. The highest BCUT2D eigenvalue weighted by Crippen LogP contribution is 2.78. The maximum atomic E-state index is 13.0. The molecule has 5 rings (SSSR count). The van der Waals surface area contributed by atoms with Gasteiger partial charge in [-0.2, -0.15) is 13.2 Å². The van der Waals surface area contributed by atoms with Crippen LogP contribution in [0.5, 0.6) is 5.75 Å². The molecule has 3 aliphatic carbocycles. The quantitative estimate of drug-likeness (QED) is 0.790. The first kappa shape index (κ1) is 14.8. The fourth-order valence-corrected chi connectivity index (χ4v) is 4.39. The number of fused-ring (bicyclic) bond motifs is 1. The van der Waals surface area contributed by atoms with Gasteiger partial charge in [0.05, 0.1) is 17.4 Å². The molecule has 0 aromatic heterocycles. The number of rotatable bonds is 1. The van der Waals surface area contributed by atoms with Crippen molar-refractivity contribution < 1.29 is 22.7 Å². The van der Waals surface area contributed by atoms with Crippen molar-refractivity contribution in [2.75, 3.05) is 6.54 Å². The number of nitrogens with zero attached hydrogens (tertiary/aromatic N) is 1. The molecule has 1 aromatic rings. The molecule has 6 heteroatoms. The number of para-hydroxylation sites is 1. The van der Waals surface area contributed by atoms with Crippen LogP contribution in [0.2, 0.25) is 0 Å². The van der Waals surface area contributed by atoms with Gasteiger partial charge in [-0.1, -0.05) is 18.2 Å². The molecule has 124 valence electrons. The average molecular weight is 325 g/mol. The second-order valence-corrected chi connectivity index (χ2v) is 7.31. The number of ether oxygens (including phenoxy) is 1. The van der Waals surface area contributed by atoms with Crippen molar-refractivity contribution in [3.8, 4) is 5.75 Å². The van der Waals surface area contributed by atoms with E-state index in [1.165, 1.54) is 0 Å². The Morgan fingerprint density at radius 1 is 1.26 bits per heavy atom. The van der Waals surface area contributed by atoms with Gasteiger partial charge in [0.1, 0.15) is 11.9 Å². The maximum absolute atomic E-state index is 13.0. The first-order chi connectivity index (χ1) is 10.7. The lowest BCUT2D eigenvalue weighted by molar-refractivity contribution is -0.353. The van der Waals surface area contributed by atoms with Crippen LogP contribution in [0.1, 0.15) is 31.7 Å². The van der Waals surface area contributed by atoms with Gasteiger partial charge < -0.3 is 9.64 Å². The van der Waals surface area contributed by atoms with E-state index in [0.717, 1.165) is 11.3 Å². The molecule has 1 atom stereocenters. The Morgan fingerprint density at radius 2 is 1.91 bits per heavy atom. The van der Waals surface area contributed by atoms with Crippen LogP contribution >= 0.6 is 0 Å².